The van der Waals surface area contributed by atoms with E-state index in [1.54, 1.807) is 71.4 Å². The number of ether oxygens (including phenoxy) is 2. The third-order valence-electron chi connectivity index (χ3n) is 18.5. The number of primary amides is 2. The minimum absolute atomic E-state index is 0.0426. The van der Waals surface area contributed by atoms with Crippen molar-refractivity contribution in [3.05, 3.63) is 167 Å². The van der Waals surface area contributed by atoms with Crippen molar-refractivity contribution in [3.8, 4) is 80.0 Å². The second-order valence-corrected chi connectivity index (χ2v) is 29.3. The Morgan fingerprint density at radius 3 is 1.91 bits per heavy atom. The minimum Gasteiger partial charge on any atom is -0.508 e. The number of nitrogens with two attached hydrogens (primary N) is 2. The van der Waals surface area contributed by atoms with E-state index in [0.29, 0.717) is 102 Å². The molecule has 0 aliphatic carbocycles. The topological polar surface area (TPSA) is 359 Å². The van der Waals surface area contributed by atoms with Crippen molar-refractivity contribution in [1.29, 1.82) is 0 Å². The van der Waals surface area contributed by atoms with Crippen LogP contribution in [0.3, 0.4) is 0 Å². The number of aromatic hydroxyl groups is 5. The third-order valence-corrected chi connectivity index (χ3v) is 20.3. The summed E-state index contributed by atoms with van der Waals surface area (Å²) in [6.07, 6.45) is 0.597. The molecule has 6 heterocycles. The Labute approximate surface area is 566 Å². The van der Waals surface area contributed by atoms with Gasteiger partial charge < -0.3 is 51.8 Å². The first-order valence-electron chi connectivity index (χ1n) is 32.6. The molecule has 3 aliphatic rings. The number of benzene rings is 6. The Balaban J connectivity index is 0.823. The fourth-order valence-corrected chi connectivity index (χ4v) is 15.4. The van der Waals surface area contributed by atoms with Gasteiger partial charge in [0.2, 0.25) is 11.6 Å². The summed E-state index contributed by atoms with van der Waals surface area (Å²) in [7, 11) is -3.71. The molecule has 0 bridgehead atoms. The highest BCUT2D eigenvalue weighted by Gasteiger charge is 2.44. The van der Waals surface area contributed by atoms with Crippen LogP contribution >= 0.6 is 0 Å². The maximum atomic E-state index is 14.9. The molecule has 3 aromatic heterocycles. The van der Waals surface area contributed by atoms with E-state index in [4.69, 9.17) is 26.0 Å². The molecule has 26 nitrogen and oxygen atoms in total. The van der Waals surface area contributed by atoms with E-state index in [9.17, 15) is 48.3 Å². The predicted molar refractivity (Wildman–Crippen MR) is 363 cm³/mol. The van der Waals surface area contributed by atoms with E-state index in [1.807, 2.05) is 83.4 Å². The third kappa shape index (κ3) is 13.9. The number of hydrogen-bond donors (Lipinski definition) is 8. The molecule has 98 heavy (non-hydrogen) atoms. The number of morpholine rings is 1. The van der Waals surface area contributed by atoms with Crippen LogP contribution in [0.4, 0.5) is 0 Å². The Hall–Kier alpha value is -10.2. The van der Waals surface area contributed by atoms with Gasteiger partial charge >= 0.3 is 17.6 Å². The highest BCUT2D eigenvalue weighted by Crippen LogP contribution is 2.42. The number of likely N-dealkylation sites (tertiary alicyclic amines) is 1. The number of amides is 3. The van der Waals surface area contributed by atoms with Gasteiger partial charge in [0, 0.05) is 72.8 Å². The second-order valence-electron chi connectivity index (χ2n) is 27.1. The first kappa shape index (κ1) is 67.7. The summed E-state index contributed by atoms with van der Waals surface area (Å²) in [5, 5.41) is 81.0. The van der Waals surface area contributed by atoms with Crippen LogP contribution in [0.2, 0.25) is 0 Å². The van der Waals surface area contributed by atoms with Crippen LogP contribution in [0.5, 0.6) is 34.5 Å². The van der Waals surface area contributed by atoms with E-state index < -0.39 is 56.9 Å². The van der Waals surface area contributed by atoms with Crippen molar-refractivity contribution in [3.63, 3.8) is 0 Å². The molecule has 0 saturated carbocycles. The van der Waals surface area contributed by atoms with E-state index in [2.05, 4.69) is 47.6 Å². The number of phenols is 5. The van der Waals surface area contributed by atoms with Crippen LogP contribution in [0, 0.1) is 5.92 Å². The molecule has 10 N–H and O–H groups in total. The maximum Gasteiger partial charge on any atom is 0.328 e. The zero-order chi connectivity index (χ0) is 69.6. The van der Waals surface area contributed by atoms with E-state index in [1.165, 1.54) is 26.8 Å². The highest BCUT2D eigenvalue weighted by atomic mass is 32.2. The normalized spacial score (nSPS) is 17.8. The number of nitrogens with one attached hydrogen (secondary N) is 1. The van der Waals surface area contributed by atoms with E-state index in [-0.39, 0.29) is 94.5 Å². The largest absolute Gasteiger partial charge is 0.508 e. The molecular weight excluding hydrogens is 1270 g/mol. The number of piperidine rings is 1. The van der Waals surface area contributed by atoms with Gasteiger partial charge in [-0.05, 0) is 125 Å². The summed E-state index contributed by atoms with van der Waals surface area (Å²) in [6.45, 7) is 16.7. The van der Waals surface area contributed by atoms with Gasteiger partial charge in [-0.1, -0.05) is 95.6 Å². The second kappa shape index (κ2) is 27.4. The Kier molecular flexibility index (Phi) is 18.9. The molecule has 0 radical (unpaired) electrons. The number of hydrogen-bond acceptors (Lipinski definition) is 19. The zero-order valence-corrected chi connectivity index (χ0v) is 56.4. The quantitative estimate of drug-likeness (QED) is 0.0339. The van der Waals surface area contributed by atoms with Gasteiger partial charge in [-0.15, -0.1) is 20.4 Å². The number of carbonyl (C=O) groups is 3. The summed E-state index contributed by atoms with van der Waals surface area (Å²) in [6, 6.07) is 33.6. The van der Waals surface area contributed by atoms with Crippen molar-refractivity contribution in [2.24, 2.45) is 17.4 Å². The Bertz CT molecular complexity index is 4600. The minimum atomic E-state index is -3.71. The number of aromatic nitrogens is 9. The number of sulfone groups is 1. The van der Waals surface area contributed by atoms with E-state index >= 15 is 0 Å². The van der Waals surface area contributed by atoms with Gasteiger partial charge in [-0.25, -0.2) is 13.0 Å². The smallest absolute Gasteiger partial charge is 0.328 e. The molecule has 3 fully saturated rings. The molecule has 3 aliphatic heterocycles. The predicted octanol–water partition coefficient (Wildman–Crippen LogP) is 7.69. The summed E-state index contributed by atoms with van der Waals surface area (Å²) < 4.78 is 45.7. The first-order valence-corrected chi connectivity index (χ1v) is 34.5. The molecule has 3 atom stereocenters. The van der Waals surface area contributed by atoms with Gasteiger partial charge in [0.25, 0.3) is 11.8 Å². The highest BCUT2D eigenvalue weighted by molar-refractivity contribution is 7.91. The Morgan fingerprint density at radius 2 is 1.28 bits per heavy atom. The first-order chi connectivity index (χ1) is 46.7. The van der Waals surface area contributed by atoms with Crippen LogP contribution in [-0.2, 0) is 33.1 Å². The lowest BCUT2D eigenvalue weighted by Gasteiger charge is -2.33. The number of phenolic OH excluding ortho intramolecular Hbond substituents is 5. The van der Waals surface area contributed by atoms with Gasteiger partial charge in [0.05, 0.1) is 54.5 Å². The van der Waals surface area contributed by atoms with Gasteiger partial charge in [-0.2, -0.15) is 0 Å². The molecular formula is C71H81N14O12S+. The van der Waals surface area contributed by atoms with Crippen LogP contribution < -0.4 is 26.1 Å². The number of rotatable bonds is 20. The molecule has 6 aromatic carbocycles. The van der Waals surface area contributed by atoms with E-state index in [0.717, 1.165) is 12.1 Å². The van der Waals surface area contributed by atoms with Gasteiger partial charge in [0.15, 0.2) is 27.7 Å². The van der Waals surface area contributed by atoms with Crippen LogP contribution in [0.15, 0.2) is 121 Å². The fourth-order valence-electron chi connectivity index (χ4n) is 13.4. The molecule has 3 saturated heterocycles. The molecule has 9 aromatic rings. The Morgan fingerprint density at radius 1 is 0.673 bits per heavy atom. The number of carbonyl (C=O) groups excluding carboxylic acids is 3. The van der Waals surface area contributed by atoms with Gasteiger partial charge in [-0.3, -0.25) is 33.3 Å². The summed E-state index contributed by atoms with van der Waals surface area (Å²) in [5.74, 6) is -4.07. The lowest BCUT2D eigenvalue weighted by Crippen LogP contribution is -2.52. The van der Waals surface area contributed by atoms with Crippen LogP contribution in [0.25, 0.3) is 45.5 Å². The summed E-state index contributed by atoms with van der Waals surface area (Å²) in [4.78, 5) is 46.1. The van der Waals surface area contributed by atoms with Gasteiger partial charge in [0.1, 0.15) is 34.5 Å². The monoisotopic (exact) mass is 1350 g/mol. The molecule has 0 spiro atoms. The SMILES string of the molecule is CC(C)c1cc(-c2nnc(C(=O)NC3CS(=O)(=O)CC3COc3ccc(-n4c(C(N)=O)nnc4-c4ccc(O)c(C(C)(C)C)c4)cc3)n2-c2ccc(CN3CCOCC3n3nc(-c4cc(C(C)C)c(O)cc4O)[n+](C4CCN(Cc5ccccc5)CC4)c3C(N)=O)cc2)c(O)cc1O. The average molecular weight is 1350 g/mol. The van der Waals surface area contributed by atoms with Crippen molar-refractivity contribution in [2.45, 2.75) is 110 Å². The molecule has 512 valence electrons. The molecule has 3 amide bonds. The summed E-state index contributed by atoms with van der Waals surface area (Å²) >= 11 is 0. The van der Waals surface area contributed by atoms with Crippen molar-refractivity contribution in [2.75, 3.05) is 51.0 Å². The lowest BCUT2D eigenvalue weighted by atomic mass is 9.85. The van der Waals surface area contributed by atoms with Crippen LogP contribution in [0.1, 0.15) is 145 Å². The zero-order valence-electron chi connectivity index (χ0n) is 55.6. The van der Waals surface area contributed by atoms with Crippen molar-refractivity contribution in [1.82, 2.24) is 54.4 Å². The molecule has 3 unspecified atom stereocenters. The average Bonchev–Trinajstić information content (AvgIpc) is 1.58. The maximum absolute atomic E-state index is 14.9. The summed E-state index contributed by atoms with van der Waals surface area (Å²) in [5.41, 5.74) is 17.4. The molecule has 12 rings (SSSR count). The van der Waals surface area contributed by atoms with Crippen LogP contribution in [-0.4, -0.2) is 158 Å². The van der Waals surface area contributed by atoms with Crippen molar-refractivity contribution >= 4 is 27.6 Å². The molecule has 27 heteroatoms. The van der Waals surface area contributed by atoms with Crippen molar-refractivity contribution < 1.29 is 62.4 Å². The standard InChI is InChI=1S/C71H80N14O12S/c1-40(2)50-30-52(59(89)32-57(50)87)65-76-78-68(69(93)74-55-39-98(94,95)38-45(55)36-97-49-20-18-47(19-21-49)82-64(75-77-67(82)62(72)91)44-15-22-56(86)54(29-44)71(5,6)7)83(65)46-16-13-43(14-17-46)35-81-27-28-96-37-61(81)85-70(63(73)92)84(48-23-25-80(26-24-48)34-42-11-9-8-10-12-42)66(79-85)53-31-51(41(3)4)58(88)33-60(53)90/h8-22,29-33,40-41,45,48,55,61H,23-28,34-39H2,1-7H3,(H9-,72,73,74,75,76,79,86,87,88,89,90,91,92,93)/p+1. The fraction of sp³-hybridized carbons (Fsp3) is 0.366. The lowest BCUT2D eigenvalue weighted by molar-refractivity contribution is -0.718. The number of nitrogens with zero attached hydrogens (tertiary/aromatic N) is 11.